The number of hydrogen-bond donors (Lipinski definition) is 1. The summed E-state index contributed by atoms with van der Waals surface area (Å²) in [4.78, 5) is 17.2. The monoisotopic (exact) mass is 354 g/mol. The third-order valence-electron chi connectivity index (χ3n) is 3.61. The zero-order valence-corrected chi connectivity index (χ0v) is 15.2. The number of halogens is 1. The van der Waals surface area contributed by atoms with Gasteiger partial charge in [0.2, 0.25) is 5.60 Å². The van der Waals surface area contributed by atoms with Crippen molar-refractivity contribution in [3.8, 4) is 0 Å². The van der Waals surface area contributed by atoms with Crippen LogP contribution >= 0.6 is 23.7 Å². The Kier molecular flexibility index (Phi) is 7.22. The Morgan fingerprint density at radius 2 is 1.74 bits per heavy atom. The second-order valence-corrected chi connectivity index (χ2v) is 6.53. The van der Waals surface area contributed by atoms with E-state index in [1.54, 1.807) is 30.1 Å². The molecule has 1 atom stereocenters. The maximum absolute atomic E-state index is 12.9. The van der Waals surface area contributed by atoms with Crippen LogP contribution < -0.4 is 0 Å². The summed E-state index contributed by atoms with van der Waals surface area (Å²) in [5.41, 5.74) is -1.03. The molecule has 0 saturated heterocycles. The van der Waals surface area contributed by atoms with E-state index in [4.69, 9.17) is 0 Å². The lowest BCUT2D eigenvalue weighted by Gasteiger charge is -2.31. The standard InChI is InChI=1S/C17H22N2O2S.ClH/c1-18(2)11-12-19(3)16(20)17(21,15-10-7-13-22-15)14-8-5-4-6-9-14;/h4-10,13,21H,11-12H2,1-3H3;1H. The zero-order valence-electron chi connectivity index (χ0n) is 13.6. The molecule has 0 bridgehead atoms. The van der Waals surface area contributed by atoms with Gasteiger partial charge in [-0.25, -0.2) is 0 Å². The molecule has 0 saturated carbocycles. The van der Waals surface area contributed by atoms with Crippen LogP contribution in [0.5, 0.6) is 0 Å². The van der Waals surface area contributed by atoms with Crippen molar-refractivity contribution in [3.63, 3.8) is 0 Å². The van der Waals surface area contributed by atoms with Crippen molar-refractivity contribution in [3.05, 3.63) is 58.3 Å². The number of hydrogen-bond acceptors (Lipinski definition) is 4. The Balaban J connectivity index is 0.00000264. The van der Waals surface area contributed by atoms with E-state index in [1.165, 1.54) is 11.3 Å². The van der Waals surface area contributed by atoms with E-state index in [0.717, 1.165) is 6.54 Å². The highest BCUT2D eigenvalue weighted by Crippen LogP contribution is 2.34. The zero-order chi connectivity index (χ0) is 16.2. The van der Waals surface area contributed by atoms with Crippen LogP contribution in [-0.2, 0) is 10.4 Å². The van der Waals surface area contributed by atoms with Gasteiger partial charge in [0.25, 0.3) is 5.91 Å². The van der Waals surface area contributed by atoms with E-state index in [1.807, 2.05) is 48.6 Å². The van der Waals surface area contributed by atoms with Crippen molar-refractivity contribution in [2.75, 3.05) is 34.2 Å². The predicted molar refractivity (Wildman–Crippen MR) is 97.2 cm³/mol. The molecule has 1 heterocycles. The molecule has 6 heteroatoms. The topological polar surface area (TPSA) is 43.8 Å². The maximum Gasteiger partial charge on any atom is 0.264 e. The van der Waals surface area contributed by atoms with Crippen LogP contribution in [0.4, 0.5) is 0 Å². The number of carbonyl (C=O) groups is 1. The number of benzene rings is 1. The molecule has 1 amide bonds. The molecule has 2 aromatic rings. The minimum absolute atomic E-state index is 0. The molecule has 23 heavy (non-hydrogen) atoms. The summed E-state index contributed by atoms with van der Waals surface area (Å²) >= 11 is 1.39. The Bertz CT molecular complexity index is 604. The van der Waals surface area contributed by atoms with E-state index in [-0.39, 0.29) is 18.3 Å². The molecule has 0 aliphatic carbocycles. The molecule has 1 N–H and O–H groups in total. The lowest BCUT2D eigenvalue weighted by Crippen LogP contribution is -2.47. The number of thiophene rings is 1. The van der Waals surface area contributed by atoms with Gasteiger partial charge in [0.05, 0.1) is 4.88 Å². The van der Waals surface area contributed by atoms with Crippen molar-refractivity contribution < 1.29 is 9.90 Å². The fraction of sp³-hybridized carbons (Fsp3) is 0.353. The molecule has 1 unspecified atom stereocenters. The molecule has 1 aromatic heterocycles. The summed E-state index contributed by atoms with van der Waals surface area (Å²) in [5, 5.41) is 13.1. The fourth-order valence-electron chi connectivity index (χ4n) is 2.26. The highest BCUT2D eigenvalue weighted by atomic mass is 35.5. The van der Waals surface area contributed by atoms with Crippen LogP contribution in [0.15, 0.2) is 47.8 Å². The molecule has 0 fully saturated rings. The second kappa shape index (κ2) is 8.45. The lowest BCUT2D eigenvalue weighted by atomic mass is 9.90. The average Bonchev–Trinajstić information content (AvgIpc) is 3.06. The summed E-state index contributed by atoms with van der Waals surface area (Å²) in [7, 11) is 5.65. The number of aliphatic hydroxyl groups is 1. The van der Waals surface area contributed by atoms with Crippen LogP contribution in [0.1, 0.15) is 10.4 Å². The molecule has 0 aliphatic heterocycles. The Morgan fingerprint density at radius 3 is 2.26 bits per heavy atom. The molecule has 2 rings (SSSR count). The van der Waals surface area contributed by atoms with E-state index >= 15 is 0 Å². The number of amides is 1. The molecule has 126 valence electrons. The van der Waals surface area contributed by atoms with Crippen molar-refractivity contribution >= 4 is 29.7 Å². The summed E-state index contributed by atoms with van der Waals surface area (Å²) in [6.45, 7) is 1.31. The summed E-state index contributed by atoms with van der Waals surface area (Å²) in [6, 6.07) is 12.8. The number of nitrogens with zero attached hydrogens (tertiary/aromatic N) is 2. The molecule has 0 radical (unpaired) electrons. The first-order valence-electron chi connectivity index (χ1n) is 7.18. The van der Waals surface area contributed by atoms with Gasteiger partial charge in [-0.1, -0.05) is 36.4 Å². The molecule has 0 spiro atoms. The summed E-state index contributed by atoms with van der Waals surface area (Å²) < 4.78 is 0. The van der Waals surface area contributed by atoms with Gasteiger partial charge in [-0.15, -0.1) is 23.7 Å². The highest BCUT2D eigenvalue weighted by Gasteiger charge is 2.42. The number of likely N-dealkylation sites (N-methyl/N-ethyl adjacent to an activating group) is 2. The third-order valence-corrected chi connectivity index (χ3v) is 4.59. The van der Waals surface area contributed by atoms with Crippen LogP contribution in [0.2, 0.25) is 0 Å². The van der Waals surface area contributed by atoms with Crippen molar-refractivity contribution in [2.24, 2.45) is 0 Å². The molecular formula is C17H23ClN2O2S. The molecule has 4 nitrogen and oxygen atoms in total. The fourth-order valence-corrected chi connectivity index (χ4v) is 3.10. The largest absolute Gasteiger partial charge is 0.371 e. The molecule has 1 aromatic carbocycles. The number of carbonyl (C=O) groups excluding carboxylic acids is 1. The minimum atomic E-state index is -1.63. The van der Waals surface area contributed by atoms with Gasteiger partial charge in [0.1, 0.15) is 0 Å². The van der Waals surface area contributed by atoms with Crippen LogP contribution in [-0.4, -0.2) is 55.0 Å². The van der Waals surface area contributed by atoms with Gasteiger partial charge in [0.15, 0.2) is 0 Å². The van der Waals surface area contributed by atoms with Crippen molar-refractivity contribution in [1.29, 1.82) is 0 Å². The van der Waals surface area contributed by atoms with E-state index in [9.17, 15) is 9.90 Å². The quantitative estimate of drug-likeness (QED) is 0.866. The third kappa shape index (κ3) is 4.32. The Labute approximate surface area is 147 Å². The molecular weight excluding hydrogens is 332 g/mol. The Hall–Kier alpha value is -1.40. The first kappa shape index (κ1) is 19.6. The summed E-state index contributed by atoms with van der Waals surface area (Å²) in [6.07, 6.45) is 0. The van der Waals surface area contributed by atoms with Gasteiger partial charge in [0, 0.05) is 20.1 Å². The van der Waals surface area contributed by atoms with Crippen LogP contribution in [0.25, 0.3) is 0 Å². The highest BCUT2D eigenvalue weighted by molar-refractivity contribution is 7.10. The SMILES string of the molecule is CN(C)CCN(C)C(=O)C(O)(c1ccccc1)c1cccs1.Cl. The van der Waals surface area contributed by atoms with E-state index < -0.39 is 5.60 Å². The van der Waals surface area contributed by atoms with Gasteiger partial charge in [-0.2, -0.15) is 0 Å². The smallest absolute Gasteiger partial charge is 0.264 e. The van der Waals surface area contributed by atoms with Crippen molar-refractivity contribution in [2.45, 2.75) is 5.60 Å². The van der Waals surface area contributed by atoms with E-state index in [0.29, 0.717) is 17.0 Å². The van der Waals surface area contributed by atoms with Gasteiger partial charge < -0.3 is 14.9 Å². The van der Waals surface area contributed by atoms with Crippen LogP contribution in [0.3, 0.4) is 0 Å². The molecule has 0 aliphatic rings. The van der Waals surface area contributed by atoms with Crippen LogP contribution in [0, 0.1) is 0 Å². The van der Waals surface area contributed by atoms with Crippen molar-refractivity contribution in [1.82, 2.24) is 9.80 Å². The Morgan fingerprint density at radius 1 is 1.09 bits per heavy atom. The second-order valence-electron chi connectivity index (χ2n) is 5.58. The van der Waals surface area contributed by atoms with Gasteiger partial charge in [-0.05, 0) is 31.1 Å². The maximum atomic E-state index is 12.9. The first-order chi connectivity index (χ1) is 10.5. The normalized spacial score (nSPS) is 13.3. The van der Waals surface area contributed by atoms with Gasteiger partial charge >= 0.3 is 0 Å². The predicted octanol–water partition coefficient (Wildman–Crippen LogP) is 2.43. The number of rotatable bonds is 6. The van der Waals surface area contributed by atoms with E-state index in [2.05, 4.69) is 0 Å². The minimum Gasteiger partial charge on any atom is -0.371 e. The summed E-state index contributed by atoms with van der Waals surface area (Å²) in [5.74, 6) is -0.303. The first-order valence-corrected chi connectivity index (χ1v) is 8.06. The lowest BCUT2D eigenvalue weighted by molar-refractivity contribution is -0.146. The average molecular weight is 355 g/mol. The van der Waals surface area contributed by atoms with Gasteiger partial charge in [-0.3, -0.25) is 4.79 Å².